The first kappa shape index (κ1) is 20.7. The molecule has 0 saturated carbocycles. The van der Waals surface area contributed by atoms with Crippen LogP contribution in [-0.2, 0) is 10.0 Å². The fourth-order valence-electron chi connectivity index (χ4n) is 2.35. The number of aromatic nitrogens is 2. The average Bonchev–Trinajstić information content (AvgIpc) is 2.67. The van der Waals surface area contributed by atoms with Crippen LogP contribution in [0.3, 0.4) is 0 Å². The molecule has 4 N–H and O–H groups in total. The second-order valence-corrected chi connectivity index (χ2v) is 7.53. The number of anilines is 1. The molecule has 0 fully saturated rings. The first-order valence-corrected chi connectivity index (χ1v) is 9.77. The molecule has 30 heavy (non-hydrogen) atoms. The number of rotatable bonds is 6. The lowest BCUT2D eigenvalue weighted by Gasteiger charge is -2.08. The van der Waals surface area contributed by atoms with Crippen LogP contribution in [0.1, 0.15) is 15.9 Å². The van der Waals surface area contributed by atoms with Gasteiger partial charge in [-0.05, 0) is 35.9 Å². The number of hydrazone groups is 1. The van der Waals surface area contributed by atoms with Gasteiger partial charge in [-0.25, -0.2) is 23.0 Å². The highest BCUT2D eigenvalue weighted by Gasteiger charge is 2.19. The van der Waals surface area contributed by atoms with Crippen LogP contribution < -0.4 is 21.4 Å². The number of H-pyrrole nitrogens is 2. The van der Waals surface area contributed by atoms with Crippen LogP contribution in [0.4, 0.5) is 10.1 Å². The summed E-state index contributed by atoms with van der Waals surface area (Å²) in [7, 11) is -4.32. The van der Waals surface area contributed by atoms with Gasteiger partial charge in [0.15, 0.2) is 4.90 Å². The van der Waals surface area contributed by atoms with E-state index >= 15 is 0 Å². The zero-order chi connectivity index (χ0) is 21.7. The van der Waals surface area contributed by atoms with Gasteiger partial charge in [-0.3, -0.25) is 19.3 Å². The summed E-state index contributed by atoms with van der Waals surface area (Å²) < 4.78 is 40.0. The van der Waals surface area contributed by atoms with Gasteiger partial charge in [0.1, 0.15) is 5.82 Å². The number of nitrogens with one attached hydrogen (secondary N) is 4. The van der Waals surface area contributed by atoms with Crippen molar-refractivity contribution in [3.63, 3.8) is 0 Å². The summed E-state index contributed by atoms with van der Waals surface area (Å²) in [4.78, 5) is 38.1. The molecule has 154 valence electrons. The Kier molecular flexibility index (Phi) is 5.88. The van der Waals surface area contributed by atoms with E-state index in [9.17, 15) is 27.2 Å². The van der Waals surface area contributed by atoms with Crippen molar-refractivity contribution in [2.75, 3.05) is 4.72 Å². The lowest BCUT2D eigenvalue weighted by Crippen LogP contribution is -2.29. The minimum Gasteiger partial charge on any atom is -0.313 e. The Labute approximate surface area is 168 Å². The first-order valence-electron chi connectivity index (χ1n) is 8.28. The van der Waals surface area contributed by atoms with Gasteiger partial charge in [0.05, 0.1) is 6.21 Å². The summed E-state index contributed by atoms with van der Waals surface area (Å²) in [5.74, 6) is -1.10. The monoisotopic (exact) mass is 431 g/mol. The highest BCUT2D eigenvalue weighted by Crippen LogP contribution is 2.15. The Hall–Kier alpha value is -4.06. The molecule has 3 rings (SSSR count). The molecule has 0 unspecified atom stereocenters. The van der Waals surface area contributed by atoms with Crippen LogP contribution in [0.5, 0.6) is 0 Å². The maximum Gasteiger partial charge on any atom is 0.325 e. The van der Waals surface area contributed by atoms with E-state index in [2.05, 4.69) is 20.2 Å². The summed E-state index contributed by atoms with van der Waals surface area (Å²) in [5.41, 5.74) is 0.805. The Bertz CT molecular complexity index is 1350. The second kappa shape index (κ2) is 8.53. The third-order valence-corrected chi connectivity index (χ3v) is 5.07. The van der Waals surface area contributed by atoms with Gasteiger partial charge in [0.25, 0.3) is 21.5 Å². The van der Waals surface area contributed by atoms with E-state index in [1.165, 1.54) is 48.7 Å². The number of carbonyl (C=O) groups is 1. The number of benzene rings is 2. The molecule has 10 nitrogen and oxygen atoms in total. The van der Waals surface area contributed by atoms with Crippen molar-refractivity contribution in [2.45, 2.75) is 4.90 Å². The minimum atomic E-state index is -4.32. The molecule has 0 bridgehead atoms. The molecule has 0 aliphatic carbocycles. The van der Waals surface area contributed by atoms with E-state index in [-0.39, 0.29) is 11.3 Å². The fourth-order valence-corrected chi connectivity index (χ4v) is 3.40. The van der Waals surface area contributed by atoms with E-state index in [1.807, 2.05) is 4.98 Å². The minimum absolute atomic E-state index is 0.00219. The van der Waals surface area contributed by atoms with Crippen molar-refractivity contribution < 1.29 is 17.6 Å². The van der Waals surface area contributed by atoms with Crippen LogP contribution in [0.2, 0.25) is 0 Å². The van der Waals surface area contributed by atoms with E-state index in [1.54, 1.807) is 6.07 Å². The molecular weight excluding hydrogens is 417 g/mol. The van der Waals surface area contributed by atoms with Gasteiger partial charge < -0.3 is 4.98 Å². The molecular formula is C18H14FN5O5S. The number of aromatic amines is 2. The summed E-state index contributed by atoms with van der Waals surface area (Å²) >= 11 is 0. The maximum absolute atomic E-state index is 13.1. The summed E-state index contributed by atoms with van der Waals surface area (Å²) in [6, 6.07) is 11.0. The molecule has 2 aromatic carbocycles. The predicted molar refractivity (Wildman–Crippen MR) is 106 cm³/mol. The van der Waals surface area contributed by atoms with Crippen LogP contribution >= 0.6 is 0 Å². The number of nitrogens with zero attached hydrogens (tertiary/aromatic N) is 1. The van der Waals surface area contributed by atoms with Crippen molar-refractivity contribution in [3.8, 4) is 0 Å². The number of carbonyl (C=O) groups excluding carboxylic acids is 1. The third kappa shape index (κ3) is 5.05. The van der Waals surface area contributed by atoms with Gasteiger partial charge in [-0.15, -0.1) is 0 Å². The predicted octanol–water partition coefficient (Wildman–Crippen LogP) is 0.767. The highest BCUT2D eigenvalue weighted by molar-refractivity contribution is 7.92. The zero-order valence-electron chi connectivity index (χ0n) is 15.0. The molecule has 0 atom stereocenters. The lowest BCUT2D eigenvalue weighted by atomic mass is 10.2. The molecule has 1 heterocycles. The number of sulfonamides is 1. The summed E-state index contributed by atoms with van der Waals surface area (Å²) in [5, 5.41) is 3.72. The summed E-state index contributed by atoms with van der Waals surface area (Å²) in [6.45, 7) is 0. The molecule has 1 amide bonds. The number of hydrogen-bond acceptors (Lipinski definition) is 6. The van der Waals surface area contributed by atoms with Gasteiger partial charge in [0, 0.05) is 17.4 Å². The van der Waals surface area contributed by atoms with E-state index in [0.717, 1.165) is 6.20 Å². The number of amides is 1. The molecule has 0 spiro atoms. The maximum atomic E-state index is 13.1. The van der Waals surface area contributed by atoms with Crippen molar-refractivity contribution in [1.82, 2.24) is 15.4 Å². The smallest absolute Gasteiger partial charge is 0.313 e. The fraction of sp³-hybridized carbons (Fsp3) is 0. The third-order valence-electron chi connectivity index (χ3n) is 3.68. The van der Waals surface area contributed by atoms with Crippen molar-refractivity contribution >= 4 is 27.8 Å². The number of hydrogen-bond donors (Lipinski definition) is 4. The Morgan fingerprint density at radius 3 is 2.60 bits per heavy atom. The van der Waals surface area contributed by atoms with Crippen LogP contribution in [0.15, 0.2) is 74.3 Å². The van der Waals surface area contributed by atoms with Gasteiger partial charge >= 0.3 is 5.69 Å². The summed E-state index contributed by atoms with van der Waals surface area (Å²) in [6.07, 6.45) is 2.01. The molecule has 0 aliphatic rings. The van der Waals surface area contributed by atoms with Gasteiger partial charge in [0.2, 0.25) is 0 Å². The first-order chi connectivity index (χ1) is 14.2. The van der Waals surface area contributed by atoms with Gasteiger partial charge in [-0.2, -0.15) is 5.10 Å². The Balaban J connectivity index is 1.74. The molecule has 12 heteroatoms. The largest absolute Gasteiger partial charge is 0.325 e. The molecule has 0 radical (unpaired) electrons. The normalized spacial score (nSPS) is 11.4. The molecule has 0 saturated heterocycles. The quantitative estimate of drug-likeness (QED) is 0.335. The average molecular weight is 431 g/mol. The molecule has 3 aromatic rings. The Morgan fingerprint density at radius 2 is 1.87 bits per heavy atom. The van der Waals surface area contributed by atoms with E-state index in [4.69, 9.17) is 0 Å². The van der Waals surface area contributed by atoms with E-state index < -0.39 is 37.9 Å². The van der Waals surface area contributed by atoms with Crippen molar-refractivity contribution in [1.29, 1.82) is 0 Å². The number of halogens is 1. The van der Waals surface area contributed by atoms with Crippen LogP contribution in [0.25, 0.3) is 0 Å². The van der Waals surface area contributed by atoms with Crippen LogP contribution in [-0.4, -0.2) is 30.5 Å². The van der Waals surface area contributed by atoms with Crippen LogP contribution in [0, 0.1) is 5.82 Å². The standard InChI is InChI=1S/C18H14FN5O5S/c19-13-5-1-3-11(7-13)9-21-23-16(25)12-4-2-6-14(8-12)24-30(28,29)15-10-20-18(27)22-17(15)26/h1-10,24H,(H,23,25)(H2,20,22,26,27)/b21-9+. The van der Waals surface area contributed by atoms with Gasteiger partial charge in [-0.1, -0.05) is 18.2 Å². The topological polar surface area (TPSA) is 153 Å². The molecule has 0 aliphatic heterocycles. The molecule has 1 aromatic heterocycles. The second-order valence-electron chi connectivity index (χ2n) is 5.88. The SMILES string of the molecule is O=C(N/N=C/c1cccc(F)c1)c1cccc(NS(=O)(=O)c2c[nH]c(=O)[nH]c2=O)c1. The van der Waals surface area contributed by atoms with Crippen molar-refractivity contribution in [3.05, 3.63) is 92.5 Å². The lowest BCUT2D eigenvalue weighted by molar-refractivity contribution is 0.0955. The zero-order valence-corrected chi connectivity index (χ0v) is 15.9. The Morgan fingerprint density at radius 1 is 1.10 bits per heavy atom. The van der Waals surface area contributed by atoms with E-state index in [0.29, 0.717) is 5.56 Å². The van der Waals surface area contributed by atoms with Crippen molar-refractivity contribution in [2.24, 2.45) is 5.10 Å². The highest BCUT2D eigenvalue weighted by atomic mass is 32.2.